The molecule has 5 rings (SSSR count). The fraction of sp³-hybridized carbons (Fsp3) is 0.440. The van der Waals surface area contributed by atoms with E-state index in [2.05, 4.69) is 15.3 Å². The van der Waals surface area contributed by atoms with Crippen LogP contribution in [-0.2, 0) is 11.3 Å². The Morgan fingerprint density at radius 2 is 1.94 bits per heavy atom. The summed E-state index contributed by atoms with van der Waals surface area (Å²) in [5, 5.41) is 7.28. The number of benzene rings is 1. The third kappa shape index (κ3) is 4.41. The number of hydrogen-bond donors (Lipinski definition) is 1. The average molecular weight is 479 g/mol. The predicted molar refractivity (Wildman–Crippen MR) is 131 cm³/mol. The van der Waals surface area contributed by atoms with Gasteiger partial charge in [0.15, 0.2) is 5.65 Å². The molecule has 2 aliphatic heterocycles. The highest BCUT2D eigenvalue weighted by molar-refractivity contribution is 6.09. The highest BCUT2D eigenvalue weighted by atomic mass is 16.5. The number of ether oxygens (including phenoxy) is 2. The van der Waals surface area contributed by atoms with Crippen molar-refractivity contribution in [2.24, 2.45) is 0 Å². The molecule has 10 nitrogen and oxygen atoms in total. The Morgan fingerprint density at radius 1 is 1.17 bits per heavy atom. The Bertz CT molecular complexity index is 1280. The maximum atomic E-state index is 13.4. The lowest BCUT2D eigenvalue weighted by Gasteiger charge is -2.27. The minimum Gasteiger partial charge on any atom is -0.489 e. The van der Waals surface area contributed by atoms with Crippen molar-refractivity contribution in [3.05, 3.63) is 47.3 Å². The van der Waals surface area contributed by atoms with Crippen molar-refractivity contribution in [2.75, 3.05) is 36.5 Å². The molecule has 184 valence electrons. The molecule has 0 radical (unpaired) electrons. The van der Waals surface area contributed by atoms with Crippen LogP contribution >= 0.6 is 0 Å². The predicted octanol–water partition coefficient (Wildman–Crippen LogP) is 2.97. The van der Waals surface area contributed by atoms with Gasteiger partial charge in [0.25, 0.3) is 11.8 Å². The van der Waals surface area contributed by atoms with E-state index in [9.17, 15) is 9.59 Å². The van der Waals surface area contributed by atoms with Gasteiger partial charge in [-0.2, -0.15) is 5.10 Å². The van der Waals surface area contributed by atoms with Gasteiger partial charge in [-0.25, -0.2) is 9.50 Å². The molecule has 0 unspecified atom stereocenters. The average Bonchev–Trinajstić information content (AvgIpc) is 3.40. The van der Waals surface area contributed by atoms with Gasteiger partial charge in [-0.15, -0.1) is 0 Å². The number of fused-ring (bicyclic) bond motifs is 2. The van der Waals surface area contributed by atoms with E-state index in [0.717, 1.165) is 24.5 Å². The van der Waals surface area contributed by atoms with Crippen LogP contribution in [0.2, 0.25) is 0 Å². The maximum Gasteiger partial charge on any atom is 0.261 e. The van der Waals surface area contributed by atoms with Gasteiger partial charge in [-0.05, 0) is 51.5 Å². The second kappa shape index (κ2) is 9.18. The van der Waals surface area contributed by atoms with Crippen molar-refractivity contribution in [1.29, 1.82) is 0 Å². The first-order chi connectivity index (χ1) is 16.8. The zero-order valence-electron chi connectivity index (χ0n) is 20.4. The lowest BCUT2D eigenvalue weighted by atomic mass is 10.1. The van der Waals surface area contributed by atoms with Gasteiger partial charge in [0.2, 0.25) is 0 Å². The Morgan fingerprint density at radius 3 is 2.66 bits per heavy atom. The summed E-state index contributed by atoms with van der Waals surface area (Å²) in [5.74, 6) is 0.877. The molecule has 0 bridgehead atoms. The zero-order chi connectivity index (χ0) is 24.7. The first-order valence-electron chi connectivity index (χ1n) is 11.9. The van der Waals surface area contributed by atoms with Crippen LogP contribution in [-0.4, -0.2) is 69.8 Å². The molecule has 0 atom stereocenters. The van der Waals surface area contributed by atoms with Gasteiger partial charge in [-0.3, -0.25) is 9.59 Å². The van der Waals surface area contributed by atoms with E-state index in [-0.39, 0.29) is 24.0 Å². The van der Waals surface area contributed by atoms with Gasteiger partial charge < -0.3 is 24.6 Å². The van der Waals surface area contributed by atoms with Crippen molar-refractivity contribution < 1.29 is 19.1 Å². The van der Waals surface area contributed by atoms with Crippen molar-refractivity contribution in [2.45, 2.75) is 46.4 Å². The third-order valence-corrected chi connectivity index (χ3v) is 6.21. The molecule has 35 heavy (non-hydrogen) atoms. The molecule has 10 heteroatoms. The van der Waals surface area contributed by atoms with E-state index in [1.54, 1.807) is 21.7 Å². The number of hydrogen-bond acceptors (Lipinski definition) is 7. The lowest BCUT2D eigenvalue weighted by molar-refractivity contribution is 0.0730. The molecule has 0 spiro atoms. The first kappa shape index (κ1) is 23.1. The molecule has 0 saturated carbocycles. The number of morpholine rings is 1. The molecule has 3 aromatic rings. The number of aromatic nitrogens is 3. The normalized spacial score (nSPS) is 15.9. The molecule has 0 aliphatic carbocycles. The van der Waals surface area contributed by atoms with Crippen LogP contribution in [0.5, 0.6) is 5.75 Å². The number of nitrogens with zero attached hydrogens (tertiary/aromatic N) is 5. The van der Waals surface area contributed by atoms with Crippen molar-refractivity contribution in [1.82, 2.24) is 19.5 Å². The summed E-state index contributed by atoms with van der Waals surface area (Å²) in [6.45, 7) is 11.1. The van der Waals surface area contributed by atoms with E-state index < -0.39 is 0 Å². The van der Waals surface area contributed by atoms with Crippen molar-refractivity contribution in [3.8, 4) is 5.75 Å². The maximum absolute atomic E-state index is 13.4. The summed E-state index contributed by atoms with van der Waals surface area (Å²) in [7, 11) is 0. The molecule has 4 heterocycles. The summed E-state index contributed by atoms with van der Waals surface area (Å²) >= 11 is 0. The Kier molecular flexibility index (Phi) is 6.06. The molecule has 1 N–H and O–H groups in total. The second-order valence-corrected chi connectivity index (χ2v) is 9.36. The van der Waals surface area contributed by atoms with E-state index in [4.69, 9.17) is 14.5 Å². The van der Waals surface area contributed by atoms with Gasteiger partial charge in [-0.1, -0.05) is 0 Å². The van der Waals surface area contributed by atoms with Crippen LogP contribution in [0.3, 0.4) is 0 Å². The molecule has 1 aromatic carbocycles. The first-order valence-corrected chi connectivity index (χ1v) is 11.9. The summed E-state index contributed by atoms with van der Waals surface area (Å²) < 4.78 is 13.0. The van der Waals surface area contributed by atoms with Gasteiger partial charge in [0.05, 0.1) is 31.2 Å². The highest BCUT2D eigenvalue weighted by Gasteiger charge is 2.31. The standard InChI is InChI=1S/C25H30N6O4/c1-15(2)30-14-17-11-20(21(35-16(3)4)12-18(17)25(30)33)27-24(32)19-13-26-31-6-5-22(28-23(19)31)29-7-9-34-10-8-29/h5-6,11-13,15-16H,7-10,14H2,1-4H3,(H,27,32). The molecular formula is C25H30N6O4. The summed E-state index contributed by atoms with van der Waals surface area (Å²) in [6, 6.07) is 5.54. The minimum absolute atomic E-state index is 0.0241. The fourth-order valence-corrected chi connectivity index (χ4v) is 4.41. The monoisotopic (exact) mass is 478 g/mol. The third-order valence-electron chi connectivity index (χ3n) is 6.21. The number of amides is 2. The molecule has 1 fully saturated rings. The van der Waals surface area contributed by atoms with Crippen LogP contribution < -0.4 is 15.0 Å². The molecule has 2 aromatic heterocycles. The van der Waals surface area contributed by atoms with E-state index in [1.165, 1.54) is 6.20 Å². The van der Waals surface area contributed by atoms with Crippen LogP contribution in [0.4, 0.5) is 11.5 Å². The summed E-state index contributed by atoms with van der Waals surface area (Å²) in [6.07, 6.45) is 3.19. The number of nitrogens with one attached hydrogen (secondary N) is 1. The number of carbonyl (C=O) groups is 2. The van der Waals surface area contributed by atoms with Crippen LogP contribution in [0.1, 0.15) is 54.0 Å². The van der Waals surface area contributed by atoms with Crippen molar-refractivity contribution >= 4 is 29.0 Å². The zero-order valence-corrected chi connectivity index (χ0v) is 20.4. The summed E-state index contributed by atoms with van der Waals surface area (Å²) in [4.78, 5) is 34.9. The van der Waals surface area contributed by atoms with Crippen LogP contribution in [0.25, 0.3) is 5.65 Å². The van der Waals surface area contributed by atoms with Gasteiger partial charge in [0.1, 0.15) is 17.1 Å². The van der Waals surface area contributed by atoms with Crippen LogP contribution in [0.15, 0.2) is 30.6 Å². The Hall–Kier alpha value is -3.66. The Balaban J connectivity index is 1.46. The minimum atomic E-state index is -0.342. The van der Waals surface area contributed by atoms with E-state index >= 15 is 0 Å². The molecule has 2 amide bonds. The van der Waals surface area contributed by atoms with Crippen molar-refractivity contribution in [3.63, 3.8) is 0 Å². The number of carbonyl (C=O) groups excluding carboxylic acids is 2. The summed E-state index contributed by atoms with van der Waals surface area (Å²) in [5.41, 5.74) is 2.82. The second-order valence-electron chi connectivity index (χ2n) is 9.36. The largest absolute Gasteiger partial charge is 0.489 e. The van der Waals surface area contributed by atoms with E-state index in [0.29, 0.717) is 48.0 Å². The van der Waals surface area contributed by atoms with Crippen LogP contribution in [0, 0.1) is 0 Å². The SMILES string of the molecule is CC(C)Oc1cc2c(cc1NC(=O)c1cnn3ccc(N4CCOCC4)nc13)CN(C(C)C)C2=O. The molecular weight excluding hydrogens is 448 g/mol. The quantitative estimate of drug-likeness (QED) is 0.581. The lowest BCUT2D eigenvalue weighted by Crippen LogP contribution is -2.36. The highest BCUT2D eigenvalue weighted by Crippen LogP contribution is 2.35. The van der Waals surface area contributed by atoms with E-state index in [1.807, 2.05) is 39.8 Å². The number of rotatable bonds is 6. The number of anilines is 2. The van der Waals surface area contributed by atoms with Gasteiger partial charge >= 0.3 is 0 Å². The topological polar surface area (TPSA) is 101 Å². The fourth-order valence-electron chi connectivity index (χ4n) is 4.41. The smallest absolute Gasteiger partial charge is 0.261 e. The molecule has 2 aliphatic rings. The van der Waals surface area contributed by atoms with Gasteiger partial charge in [0, 0.05) is 37.4 Å². The Labute approximate surface area is 203 Å². The molecule has 1 saturated heterocycles.